The smallest absolute Gasteiger partial charge is 0.238 e. The molecule has 1 amide bonds. The van der Waals surface area contributed by atoms with Gasteiger partial charge in [0.15, 0.2) is 11.5 Å². The molecule has 1 aromatic heterocycles. The molecule has 1 fully saturated rings. The summed E-state index contributed by atoms with van der Waals surface area (Å²) in [6.45, 7) is 9.00. The Balaban J connectivity index is 1.18. The van der Waals surface area contributed by atoms with E-state index in [0.29, 0.717) is 25.5 Å². The van der Waals surface area contributed by atoms with E-state index >= 15 is 0 Å². The highest BCUT2D eigenvalue weighted by Crippen LogP contribution is 2.32. The van der Waals surface area contributed by atoms with Crippen molar-refractivity contribution in [3.63, 3.8) is 0 Å². The van der Waals surface area contributed by atoms with Gasteiger partial charge in [-0.05, 0) is 38.1 Å². The maximum Gasteiger partial charge on any atom is 0.238 e. The van der Waals surface area contributed by atoms with E-state index in [1.807, 2.05) is 41.1 Å². The molecule has 0 spiro atoms. The summed E-state index contributed by atoms with van der Waals surface area (Å²) in [5.74, 6) is 1.37. The Hall–Kier alpha value is -3.52. The van der Waals surface area contributed by atoms with Crippen molar-refractivity contribution in [3.8, 4) is 17.2 Å². The summed E-state index contributed by atoms with van der Waals surface area (Å²) in [6, 6.07) is 15.7. The molecular formula is C25H29N5O3. The summed E-state index contributed by atoms with van der Waals surface area (Å²) in [6.07, 6.45) is 0. The zero-order valence-electron chi connectivity index (χ0n) is 19.1. The lowest BCUT2D eigenvalue weighted by atomic mass is 10.2. The third kappa shape index (κ3) is 4.52. The van der Waals surface area contributed by atoms with Crippen LogP contribution in [0.5, 0.6) is 11.5 Å². The number of aromatic nitrogens is 2. The van der Waals surface area contributed by atoms with E-state index < -0.39 is 0 Å². The molecule has 2 aliphatic rings. The first kappa shape index (κ1) is 21.3. The predicted molar refractivity (Wildman–Crippen MR) is 128 cm³/mol. The third-order valence-corrected chi connectivity index (χ3v) is 6.14. The van der Waals surface area contributed by atoms with Crippen molar-refractivity contribution in [1.29, 1.82) is 0 Å². The van der Waals surface area contributed by atoms with Gasteiger partial charge in [-0.2, -0.15) is 5.10 Å². The standard InChI is InChI=1S/C25H29N5O3/c1-18-25(19(2)30(27-18)21-6-4-3-5-7-21)29-12-10-28(11-13-29)17-24(31)26-20-8-9-22-23(16-20)33-15-14-32-22/h3-9,16H,10-15,17H2,1-2H3,(H,26,31). The van der Waals surface area contributed by atoms with E-state index in [9.17, 15) is 4.79 Å². The number of hydrogen-bond acceptors (Lipinski definition) is 6. The molecule has 0 bridgehead atoms. The van der Waals surface area contributed by atoms with Crippen LogP contribution in [-0.4, -0.2) is 66.5 Å². The van der Waals surface area contributed by atoms with Crippen molar-refractivity contribution in [1.82, 2.24) is 14.7 Å². The SMILES string of the molecule is Cc1nn(-c2ccccc2)c(C)c1N1CCN(CC(=O)Nc2ccc3c(c2)OCCO3)CC1. The van der Waals surface area contributed by atoms with E-state index in [1.54, 1.807) is 0 Å². The number of benzene rings is 2. The van der Waals surface area contributed by atoms with E-state index in [2.05, 4.69) is 41.1 Å². The molecule has 8 nitrogen and oxygen atoms in total. The van der Waals surface area contributed by atoms with E-state index in [-0.39, 0.29) is 5.91 Å². The Kier molecular flexibility index (Phi) is 5.92. The molecule has 0 unspecified atom stereocenters. The van der Waals surface area contributed by atoms with Crippen LogP contribution in [0.2, 0.25) is 0 Å². The number of aryl methyl sites for hydroxylation is 1. The van der Waals surface area contributed by atoms with Gasteiger partial charge >= 0.3 is 0 Å². The number of ether oxygens (including phenoxy) is 2. The largest absolute Gasteiger partial charge is 0.486 e. The Bertz CT molecular complexity index is 1140. The van der Waals surface area contributed by atoms with Crippen molar-refractivity contribution >= 4 is 17.3 Å². The molecule has 0 saturated carbocycles. The molecule has 5 rings (SSSR count). The van der Waals surface area contributed by atoms with Crippen LogP contribution in [-0.2, 0) is 4.79 Å². The molecule has 172 valence electrons. The third-order valence-electron chi connectivity index (χ3n) is 6.14. The molecular weight excluding hydrogens is 418 g/mol. The van der Waals surface area contributed by atoms with Crippen molar-refractivity contribution in [2.75, 3.05) is 56.2 Å². The summed E-state index contributed by atoms with van der Waals surface area (Å²) in [5, 5.41) is 7.76. The molecule has 2 aromatic carbocycles. The van der Waals surface area contributed by atoms with Crippen LogP contribution in [0.25, 0.3) is 5.69 Å². The van der Waals surface area contributed by atoms with Gasteiger partial charge < -0.3 is 19.7 Å². The van der Waals surface area contributed by atoms with Crippen molar-refractivity contribution < 1.29 is 14.3 Å². The summed E-state index contributed by atoms with van der Waals surface area (Å²) >= 11 is 0. The zero-order chi connectivity index (χ0) is 22.8. The highest BCUT2D eigenvalue weighted by atomic mass is 16.6. The fourth-order valence-electron chi connectivity index (χ4n) is 4.57. The maximum absolute atomic E-state index is 12.6. The van der Waals surface area contributed by atoms with Crippen molar-refractivity contribution in [2.24, 2.45) is 0 Å². The highest BCUT2D eigenvalue weighted by molar-refractivity contribution is 5.92. The van der Waals surface area contributed by atoms with Gasteiger partial charge in [-0.25, -0.2) is 4.68 Å². The van der Waals surface area contributed by atoms with Gasteiger partial charge in [-0.15, -0.1) is 0 Å². The van der Waals surface area contributed by atoms with Crippen molar-refractivity contribution in [2.45, 2.75) is 13.8 Å². The Morgan fingerprint density at radius 2 is 1.70 bits per heavy atom. The quantitative estimate of drug-likeness (QED) is 0.648. The van der Waals surface area contributed by atoms with Crippen LogP contribution in [0.3, 0.4) is 0 Å². The van der Waals surface area contributed by atoms with Crippen LogP contribution in [0.15, 0.2) is 48.5 Å². The van der Waals surface area contributed by atoms with Gasteiger partial charge in [0.05, 0.1) is 29.3 Å². The molecule has 8 heteroatoms. The molecule has 0 aliphatic carbocycles. The summed E-state index contributed by atoms with van der Waals surface area (Å²) in [7, 11) is 0. The van der Waals surface area contributed by atoms with Gasteiger partial charge in [0, 0.05) is 37.9 Å². The number of anilines is 2. The normalized spacial score (nSPS) is 16.0. The van der Waals surface area contributed by atoms with E-state index in [4.69, 9.17) is 14.6 Å². The first-order valence-electron chi connectivity index (χ1n) is 11.4. The monoisotopic (exact) mass is 447 g/mol. The van der Waals surface area contributed by atoms with Gasteiger partial charge in [-0.3, -0.25) is 9.69 Å². The minimum Gasteiger partial charge on any atom is -0.486 e. The molecule has 1 N–H and O–H groups in total. The summed E-state index contributed by atoms with van der Waals surface area (Å²) < 4.78 is 13.1. The molecule has 2 aliphatic heterocycles. The van der Waals surface area contributed by atoms with E-state index in [0.717, 1.165) is 54.7 Å². The molecule has 33 heavy (non-hydrogen) atoms. The van der Waals surface area contributed by atoms with Crippen LogP contribution in [0, 0.1) is 13.8 Å². The fourth-order valence-corrected chi connectivity index (χ4v) is 4.57. The number of piperazine rings is 1. The molecule has 1 saturated heterocycles. The lowest BCUT2D eigenvalue weighted by Gasteiger charge is -2.35. The topological polar surface area (TPSA) is 71.9 Å². The first-order chi connectivity index (χ1) is 16.1. The van der Waals surface area contributed by atoms with E-state index in [1.165, 1.54) is 5.69 Å². The average molecular weight is 448 g/mol. The van der Waals surface area contributed by atoms with Gasteiger partial charge in [0.25, 0.3) is 0 Å². The summed E-state index contributed by atoms with van der Waals surface area (Å²) in [5.41, 5.74) is 5.16. The van der Waals surface area contributed by atoms with Gasteiger partial charge in [0.1, 0.15) is 13.2 Å². The lowest BCUT2D eigenvalue weighted by molar-refractivity contribution is -0.117. The van der Waals surface area contributed by atoms with Crippen LogP contribution < -0.4 is 19.7 Å². The number of rotatable bonds is 5. The fraction of sp³-hybridized carbons (Fsp3) is 0.360. The number of nitrogens with zero attached hydrogens (tertiary/aromatic N) is 4. The van der Waals surface area contributed by atoms with Gasteiger partial charge in [0.2, 0.25) is 5.91 Å². The van der Waals surface area contributed by atoms with Gasteiger partial charge in [-0.1, -0.05) is 18.2 Å². The number of para-hydroxylation sites is 1. The number of amides is 1. The first-order valence-corrected chi connectivity index (χ1v) is 11.4. The number of nitrogens with one attached hydrogen (secondary N) is 1. The zero-order valence-corrected chi connectivity index (χ0v) is 19.1. The molecule has 0 atom stereocenters. The lowest BCUT2D eigenvalue weighted by Crippen LogP contribution is -2.49. The Morgan fingerprint density at radius 1 is 0.970 bits per heavy atom. The second kappa shape index (κ2) is 9.15. The predicted octanol–water partition coefficient (Wildman–Crippen LogP) is 3.02. The average Bonchev–Trinajstić information content (AvgIpc) is 3.14. The number of hydrogen-bond donors (Lipinski definition) is 1. The van der Waals surface area contributed by atoms with Crippen LogP contribution in [0.1, 0.15) is 11.4 Å². The number of carbonyl (C=O) groups excluding carboxylic acids is 1. The molecule has 0 radical (unpaired) electrons. The minimum absolute atomic E-state index is 0.0237. The Labute approximate surface area is 193 Å². The molecule has 3 aromatic rings. The van der Waals surface area contributed by atoms with Crippen LogP contribution in [0.4, 0.5) is 11.4 Å². The van der Waals surface area contributed by atoms with Crippen molar-refractivity contribution in [3.05, 3.63) is 59.9 Å². The Morgan fingerprint density at radius 3 is 2.45 bits per heavy atom. The second-order valence-electron chi connectivity index (χ2n) is 8.44. The second-order valence-corrected chi connectivity index (χ2v) is 8.44. The molecule has 3 heterocycles. The number of fused-ring (bicyclic) bond motifs is 1. The van der Waals surface area contributed by atoms with Crippen LogP contribution >= 0.6 is 0 Å². The maximum atomic E-state index is 12.6. The highest BCUT2D eigenvalue weighted by Gasteiger charge is 2.24. The minimum atomic E-state index is -0.0237. The summed E-state index contributed by atoms with van der Waals surface area (Å²) in [4.78, 5) is 17.2. The number of carbonyl (C=O) groups is 1.